The van der Waals surface area contributed by atoms with E-state index >= 15 is 0 Å². The molecule has 0 atom stereocenters. The van der Waals surface area contributed by atoms with Crippen LogP contribution in [0.25, 0.3) is 0 Å². The van der Waals surface area contributed by atoms with Crippen molar-refractivity contribution in [3.05, 3.63) is 53.6 Å². The molecule has 2 rings (SSSR count). The molecule has 1 N–H and O–H groups in total. The normalized spacial score (nSPS) is 10.3. The maximum absolute atomic E-state index is 9.77. The SMILES string of the molecule is CCc1ccc(Oc2cc(CC)ccc2O)cc1. The molecule has 2 aromatic rings. The van der Waals surface area contributed by atoms with E-state index in [0.29, 0.717) is 5.75 Å². The summed E-state index contributed by atoms with van der Waals surface area (Å²) in [5.74, 6) is 1.43. The van der Waals surface area contributed by atoms with Crippen LogP contribution in [0.4, 0.5) is 0 Å². The molecule has 2 heteroatoms. The van der Waals surface area contributed by atoms with E-state index < -0.39 is 0 Å². The summed E-state index contributed by atoms with van der Waals surface area (Å²) >= 11 is 0. The van der Waals surface area contributed by atoms with Crippen molar-refractivity contribution in [3.63, 3.8) is 0 Å². The van der Waals surface area contributed by atoms with Gasteiger partial charge in [-0.15, -0.1) is 0 Å². The Morgan fingerprint density at radius 3 is 2.11 bits per heavy atom. The van der Waals surface area contributed by atoms with Crippen molar-refractivity contribution in [2.75, 3.05) is 0 Å². The van der Waals surface area contributed by atoms with E-state index in [1.165, 1.54) is 5.56 Å². The molecule has 94 valence electrons. The van der Waals surface area contributed by atoms with Gasteiger partial charge in [-0.3, -0.25) is 0 Å². The molecule has 0 saturated carbocycles. The molecule has 0 bridgehead atoms. The number of aryl methyl sites for hydroxylation is 2. The van der Waals surface area contributed by atoms with Crippen molar-refractivity contribution >= 4 is 0 Å². The van der Waals surface area contributed by atoms with Gasteiger partial charge in [0, 0.05) is 0 Å². The van der Waals surface area contributed by atoms with Crippen molar-refractivity contribution in [2.45, 2.75) is 26.7 Å². The third-order valence-electron chi connectivity index (χ3n) is 2.99. The van der Waals surface area contributed by atoms with E-state index in [1.807, 2.05) is 36.4 Å². The van der Waals surface area contributed by atoms with Gasteiger partial charge in [0.25, 0.3) is 0 Å². The predicted octanol–water partition coefficient (Wildman–Crippen LogP) is 4.31. The number of phenolic OH excluding ortho intramolecular Hbond substituents is 1. The average molecular weight is 242 g/mol. The Hall–Kier alpha value is -1.96. The van der Waals surface area contributed by atoms with E-state index in [4.69, 9.17) is 4.74 Å². The molecule has 0 amide bonds. The van der Waals surface area contributed by atoms with E-state index in [2.05, 4.69) is 13.8 Å². The first-order valence-electron chi connectivity index (χ1n) is 6.31. The third kappa shape index (κ3) is 2.83. The van der Waals surface area contributed by atoms with Crippen molar-refractivity contribution in [3.8, 4) is 17.2 Å². The molecule has 0 heterocycles. The third-order valence-corrected chi connectivity index (χ3v) is 2.99. The average Bonchev–Trinajstić information content (AvgIpc) is 2.42. The smallest absolute Gasteiger partial charge is 0.169 e. The molecule has 2 nitrogen and oxygen atoms in total. The summed E-state index contributed by atoms with van der Waals surface area (Å²) in [6.45, 7) is 4.19. The highest BCUT2D eigenvalue weighted by molar-refractivity contribution is 5.44. The first kappa shape index (κ1) is 12.5. The number of phenols is 1. The highest BCUT2D eigenvalue weighted by Crippen LogP contribution is 2.31. The summed E-state index contributed by atoms with van der Waals surface area (Å²) in [4.78, 5) is 0. The van der Waals surface area contributed by atoms with E-state index in [1.54, 1.807) is 6.07 Å². The molecule has 18 heavy (non-hydrogen) atoms. The minimum absolute atomic E-state index is 0.173. The zero-order valence-electron chi connectivity index (χ0n) is 10.8. The zero-order chi connectivity index (χ0) is 13.0. The van der Waals surface area contributed by atoms with Crippen molar-refractivity contribution in [1.82, 2.24) is 0 Å². The molecular weight excluding hydrogens is 224 g/mol. The number of ether oxygens (including phenoxy) is 1. The van der Waals surface area contributed by atoms with Gasteiger partial charge in [-0.2, -0.15) is 0 Å². The van der Waals surface area contributed by atoms with Crippen LogP contribution in [-0.4, -0.2) is 5.11 Å². The molecule has 0 aliphatic carbocycles. The van der Waals surface area contributed by atoms with E-state index in [9.17, 15) is 5.11 Å². The largest absolute Gasteiger partial charge is 0.504 e. The summed E-state index contributed by atoms with van der Waals surface area (Å²) in [7, 11) is 0. The van der Waals surface area contributed by atoms with Crippen LogP contribution in [0.5, 0.6) is 17.2 Å². The van der Waals surface area contributed by atoms with Crippen molar-refractivity contribution in [2.24, 2.45) is 0 Å². The number of hydrogen-bond acceptors (Lipinski definition) is 2. The predicted molar refractivity (Wildman–Crippen MR) is 73.4 cm³/mol. The highest BCUT2D eigenvalue weighted by Gasteiger charge is 2.05. The quantitative estimate of drug-likeness (QED) is 0.865. The molecule has 0 unspecified atom stereocenters. The second-order valence-electron chi connectivity index (χ2n) is 4.26. The lowest BCUT2D eigenvalue weighted by Crippen LogP contribution is -1.88. The Morgan fingerprint density at radius 1 is 0.889 bits per heavy atom. The summed E-state index contributed by atoms with van der Waals surface area (Å²) in [5.41, 5.74) is 2.42. The zero-order valence-corrected chi connectivity index (χ0v) is 10.8. The Balaban J connectivity index is 2.21. The Bertz CT molecular complexity index is 515. The van der Waals surface area contributed by atoms with E-state index in [0.717, 1.165) is 24.2 Å². The fourth-order valence-electron chi connectivity index (χ4n) is 1.78. The van der Waals surface area contributed by atoms with Crippen LogP contribution < -0.4 is 4.74 Å². The monoisotopic (exact) mass is 242 g/mol. The molecule has 0 radical (unpaired) electrons. The molecule has 2 aromatic carbocycles. The summed E-state index contributed by atoms with van der Waals surface area (Å²) < 4.78 is 5.70. The lowest BCUT2D eigenvalue weighted by molar-refractivity contribution is 0.410. The van der Waals surface area contributed by atoms with Gasteiger partial charge in [-0.05, 0) is 48.2 Å². The first-order chi connectivity index (χ1) is 8.72. The summed E-state index contributed by atoms with van der Waals surface area (Å²) in [5, 5.41) is 9.77. The molecule has 0 fully saturated rings. The second-order valence-corrected chi connectivity index (χ2v) is 4.26. The van der Waals surface area contributed by atoms with Crippen LogP contribution in [0.3, 0.4) is 0 Å². The van der Waals surface area contributed by atoms with Crippen LogP contribution in [0.1, 0.15) is 25.0 Å². The van der Waals surface area contributed by atoms with Gasteiger partial charge in [-0.25, -0.2) is 0 Å². The topological polar surface area (TPSA) is 29.5 Å². The molecule has 0 aromatic heterocycles. The molecule has 0 saturated heterocycles. The maximum atomic E-state index is 9.77. The lowest BCUT2D eigenvalue weighted by Gasteiger charge is -2.09. The van der Waals surface area contributed by atoms with Gasteiger partial charge >= 0.3 is 0 Å². The minimum atomic E-state index is 0.173. The fraction of sp³-hybridized carbons (Fsp3) is 0.250. The Labute approximate surface area is 108 Å². The second kappa shape index (κ2) is 5.58. The van der Waals surface area contributed by atoms with Crippen molar-refractivity contribution in [1.29, 1.82) is 0 Å². The number of rotatable bonds is 4. The molecule has 0 spiro atoms. The fourth-order valence-corrected chi connectivity index (χ4v) is 1.78. The Kier molecular flexibility index (Phi) is 3.88. The van der Waals surface area contributed by atoms with Gasteiger partial charge in [0.1, 0.15) is 5.75 Å². The Morgan fingerprint density at radius 2 is 1.50 bits per heavy atom. The summed E-state index contributed by atoms with van der Waals surface area (Å²) in [6, 6.07) is 13.4. The number of aromatic hydroxyl groups is 1. The van der Waals surface area contributed by atoms with Crippen LogP contribution in [-0.2, 0) is 12.8 Å². The molecular formula is C16H18O2. The molecule has 0 aliphatic rings. The van der Waals surface area contributed by atoms with Gasteiger partial charge < -0.3 is 9.84 Å². The number of benzene rings is 2. The highest BCUT2D eigenvalue weighted by atomic mass is 16.5. The summed E-state index contributed by atoms with van der Waals surface area (Å²) in [6.07, 6.45) is 1.93. The molecule has 0 aliphatic heterocycles. The standard InChI is InChI=1S/C16H18O2/c1-3-12-5-8-14(9-6-12)18-16-11-13(4-2)7-10-15(16)17/h5-11,17H,3-4H2,1-2H3. The lowest BCUT2D eigenvalue weighted by atomic mass is 10.1. The first-order valence-corrected chi connectivity index (χ1v) is 6.31. The van der Waals surface area contributed by atoms with Crippen LogP contribution in [0, 0.1) is 0 Å². The van der Waals surface area contributed by atoms with Crippen molar-refractivity contribution < 1.29 is 9.84 Å². The maximum Gasteiger partial charge on any atom is 0.169 e. The van der Waals surface area contributed by atoms with Gasteiger partial charge in [0.15, 0.2) is 11.5 Å². The van der Waals surface area contributed by atoms with Crippen LogP contribution in [0.2, 0.25) is 0 Å². The van der Waals surface area contributed by atoms with Crippen LogP contribution >= 0.6 is 0 Å². The van der Waals surface area contributed by atoms with E-state index in [-0.39, 0.29) is 5.75 Å². The number of hydrogen-bond donors (Lipinski definition) is 1. The van der Waals surface area contributed by atoms with Gasteiger partial charge in [-0.1, -0.05) is 32.0 Å². The minimum Gasteiger partial charge on any atom is -0.504 e. The van der Waals surface area contributed by atoms with Crippen LogP contribution in [0.15, 0.2) is 42.5 Å². The van der Waals surface area contributed by atoms with Gasteiger partial charge in [0.2, 0.25) is 0 Å². The van der Waals surface area contributed by atoms with Gasteiger partial charge in [0.05, 0.1) is 0 Å².